The SMILES string of the molecule is CCCCCCCC(CCCCC)Cc1ccc2ccccc2c1. The van der Waals surface area contributed by atoms with Crippen LogP contribution in [-0.2, 0) is 6.42 Å². The molecule has 0 aliphatic carbocycles. The van der Waals surface area contributed by atoms with Gasteiger partial charge in [-0.25, -0.2) is 0 Å². The van der Waals surface area contributed by atoms with Crippen molar-refractivity contribution in [2.45, 2.75) is 84.5 Å². The quantitative estimate of drug-likeness (QED) is 0.347. The van der Waals surface area contributed by atoms with E-state index in [2.05, 4.69) is 56.3 Å². The molecule has 132 valence electrons. The average molecular weight is 325 g/mol. The fraction of sp³-hybridized carbons (Fsp3) is 0.583. The maximum absolute atomic E-state index is 2.42. The Morgan fingerprint density at radius 3 is 2.04 bits per heavy atom. The van der Waals surface area contributed by atoms with Gasteiger partial charge in [-0.1, -0.05) is 121 Å². The average Bonchev–Trinajstić information content (AvgIpc) is 2.61. The summed E-state index contributed by atoms with van der Waals surface area (Å²) in [6, 6.07) is 15.8. The number of hydrogen-bond donors (Lipinski definition) is 0. The second-order valence-electron chi connectivity index (χ2n) is 7.45. The second-order valence-corrected chi connectivity index (χ2v) is 7.45. The van der Waals surface area contributed by atoms with Crippen molar-refractivity contribution >= 4 is 10.8 Å². The Labute approximate surface area is 149 Å². The van der Waals surface area contributed by atoms with E-state index in [1.54, 1.807) is 0 Å². The molecule has 0 aliphatic rings. The Kier molecular flexibility index (Phi) is 8.95. The highest BCUT2D eigenvalue weighted by atomic mass is 14.2. The third-order valence-electron chi connectivity index (χ3n) is 5.27. The molecule has 0 amide bonds. The molecule has 0 radical (unpaired) electrons. The lowest BCUT2D eigenvalue weighted by atomic mass is 9.88. The van der Waals surface area contributed by atoms with Crippen LogP contribution in [-0.4, -0.2) is 0 Å². The molecule has 2 aromatic rings. The van der Waals surface area contributed by atoms with Crippen molar-refractivity contribution in [1.82, 2.24) is 0 Å². The molecular weight excluding hydrogens is 288 g/mol. The summed E-state index contributed by atoms with van der Waals surface area (Å²) >= 11 is 0. The zero-order chi connectivity index (χ0) is 17.0. The van der Waals surface area contributed by atoms with Gasteiger partial charge >= 0.3 is 0 Å². The molecule has 0 nitrogen and oxygen atoms in total. The lowest BCUT2D eigenvalue weighted by Crippen LogP contribution is -2.05. The van der Waals surface area contributed by atoms with Crippen LogP contribution in [0.4, 0.5) is 0 Å². The first-order valence-electron chi connectivity index (χ1n) is 10.3. The summed E-state index contributed by atoms with van der Waals surface area (Å²) in [4.78, 5) is 0. The number of fused-ring (bicyclic) bond motifs is 1. The Morgan fingerprint density at radius 2 is 1.29 bits per heavy atom. The van der Waals surface area contributed by atoms with Gasteiger partial charge in [0.2, 0.25) is 0 Å². The van der Waals surface area contributed by atoms with Crippen molar-refractivity contribution in [3.8, 4) is 0 Å². The molecule has 0 heteroatoms. The van der Waals surface area contributed by atoms with E-state index >= 15 is 0 Å². The molecule has 0 aromatic heterocycles. The number of benzene rings is 2. The summed E-state index contributed by atoms with van der Waals surface area (Å²) < 4.78 is 0. The first-order chi connectivity index (χ1) is 11.8. The highest BCUT2D eigenvalue weighted by Crippen LogP contribution is 2.24. The predicted molar refractivity (Wildman–Crippen MR) is 109 cm³/mol. The Bertz CT molecular complexity index is 569. The fourth-order valence-corrected chi connectivity index (χ4v) is 3.77. The van der Waals surface area contributed by atoms with Crippen LogP contribution < -0.4 is 0 Å². The molecule has 0 saturated heterocycles. The van der Waals surface area contributed by atoms with Crippen molar-refractivity contribution < 1.29 is 0 Å². The van der Waals surface area contributed by atoms with Gasteiger partial charge in [-0.15, -0.1) is 0 Å². The summed E-state index contributed by atoms with van der Waals surface area (Å²) in [5, 5.41) is 2.76. The van der Waals surface area contributed by atoms with E-state index in [1.807, 2.05) is 0 Å². The molecular formula is C24H36. The van der Waals surface area contributed by atoms with Crippen LogP contribution in [0.25, 0.3) is 10.8 Å². The van der Waals surface area contributed by atoms with E-state index in [4.69, 9.17) is 0 Å². The van der Waals surface area contributed by atoms with E-state index in [0.29, 0.717) is 0 Å². The van der Waals surface area contributed by atoms with Crippen LogP contribution >= 0.6 is 0 Å². The van der Waals surface area contributed by atoms with E-state index in [1.165, 1.54) is 87.0 Å². The van der Waals surface area contributed by atoms with Gasteiger partial charge in [-0.05, 0) is 28.7 Å². The third kappa shape index (κ3) is 6.67. The highest BCUT2D eigenvalue weighted by Gasteiger charge is 2.10. The Morgan fingerprint density at radius 1 is 0.667 bits per heavy atom. The fourth-order valence-electron chi connectivity index (χ4n) is 3.77. The summed E-state index contributed by atoms with van der Waals surface area (Å²) in [5.74, 6) is 0.874. The Balaban J connectivity index is 1.91. The van der Waals surface area contributed by atoms with Crippen LogP contribution in [0.3, 0.4) is 0 Å². The normalized spacial score (nSPS) is 12.6. The van der Waals surface area contributed by atoms with Crippen molar-refractivity contribution in [3.05, 3.63) is 48.0 Å². The van der Waals surface area contributed by atoms with Gasteiger partial charge < -0.3 is 0 Å². The molecule has 0 saturated carbocycles. The molecule has 1 atom stereocenters. The summed E-state index contributed by atoms with van der Waals surface area (Å²) in [6.45, 7) is 4.61. The predicted octanol–water partition coefficient (Wildman–Crippen LogP) is 7.94. The number of rotatable bonds is 12. The van der Waals surface area contributed by atoms with Gasteiger partial charge in [0.05, 0.1) is 0 Å². The van der Waals surface area contributed by atoms with E-state index < -0.39 is 0 Å². The van der Waals surface area contributed by atoms with Gasteiger partial charge in [-0.2, -0.15) is 0 Å². The topological polar surface area (TPSA) is 0 Å². The van der Waals surface area contributed by atoms with Gasteiger partial charge in [0.25, 0.3) is 0 Å². The minimum atomic E-state index is 0.874. The zero-order valence-corrected chi connectivity index (χ0v) is 15.9. The van der Waals surface area contributed by atoms with Crippen molar-refractivity contribution in [2.75, 3.05) is 0 Å². The minimum Gasteiger partial charge on any atom is -0.0654 e. The van der Waals surface area contributed by atoms with Gasteiger partial charge in [0.1, 0.15) is 0 Å². The molecule has 0 bridgehead atoms. The van der Waals surface area contributed by atoms with Crippen LogP contribution in [0, 0.1) is 5.92 Å². The largest absolute Gasteiger partial charge is 0.0654 e. The highest BCUT2D eigenvalue weighted by molar-refractivity contribution is 5.82. The van der Waals surface area contributed by atoms with Crippen LogP contribution in [0.5, 0.6) is 0 Å². The van der Waals surface area contributed by atoms with E-state index in [-0.39, 0.29) is 0 Å². The van der Waals surface area contributed by atoms with Crippen molar-refractivity contribution in [3.63, 3.8) is 0 Å². The molecule has 0 spiro atoms. The van der Waals surface area contributed by atoms with Crippen molar-refractivity contribution in [1.29, 1.82) is 0 Å². The smallest absolute Gasteiger partial charge is 0.0181 e. The maximum Gasteiger partial charge on any atom is -0.0181 e. The molecule has 0 aliphatic heterocycles. The molecule has 24 heavy (non-hydrogen) atoms. The summed E-state index contributed by atoms with van der Waals surface area (Å²) in [7, 11) is 0. The molecule has 0 fully saturated rings. The molecule has 2 rings (SSSR count). The monoisotopic (exact) mass is 324 g/mol. The van der Waals surface area contributed by atoms with Crippen LogP contribution in [0.1, 0.15) is 83.6 Å². The Hall–Kier alpha value is -1.30. The first kappa shape index (κ1) is 19.0. The second kappa shape index (κ2) is 11.3. The lowest BCUT2D eigenvalue weighted by molar-refractivity contribution is 0.405. The lowest BCUT2D eigenvalue weighted by Gasteiger charge is -2.17. The van der Waals surface area contributed by atoms with Crippen LogP contribution in [0.2, 0.25) is 0 Å². The van der Waals surface area contributed by atoms with Gasteiger partial charge in [0.15, 0.2) is 0 Å². The summed E-state index contributed by atoms with van der Waals surface area (Å²) in [5.41, 5.74) is 1.53. The van der Waals surface area contributed by atoms with Crippen LogP contribution in [0.15, 0.2) is 42.5 Å². The standard InChI is InChI=1S/C24H36/c1-3-5-7-8-10-14-21(13-9-6-4-2)19-22-17-18-23-15-11-12-16-24(23)20-22/h11-12,15-18,20-21H,3-10,13-14,19H2,1-2H3. The van der Waals surface area contributed by atoms with E-state index in [0.717, 1.165) is 5.92 Å². The van der Waals surface area contributed by atoms with Gasteiger partial charge in [-0.3, -0.25) is 0 Å². The maximum atomic E-state index is 2.42. The summed E-state index contributed by atoms with van der Waals surface area (Å²) in [6.07, 6.45) is 15.3. The molecule has 0 heterocycles. The number of unbranched alkanes of at least 4 members (excludes halogenated alkanes) is 6. The third-order valence-corrected chi connectivity index (χ3v) is 5.27. The molecule has 2 aromatic carbocycles. The molecule has 1 unspecified atom stereocenters. The first-order valence-corrected chi connectivity index (χ1v) is 10.3. The van der Waals surface area contributed by atoms with Gasteiger partial charge in [0, 0.05) is 0 Å². The van der Waals surface area contributed by atoms with E-state index in [9.17, 15) is 0 Å². The minimum absolute atomic E-state index is 0.874. The number of hydrogen-bond acceptors (Lipinski definition) is 0. The zero-order valence-electron chi connectivity index (χ0n) is 15.9. The van der Waals surface area contributed by atoms with Crippen molar-refractivity contribution in [2.24, 2.45) is 5.92 Å². The molecule has 0 N–H and O–H groups in total.